The molecule has 0 saturated carbocycles. The first-order chi connectivity index (χ1) is 19.3. The normalized spacial score (nSPS) is 14.1. The molecule has 0 atom stereocenters. The first-order valence-corrected chi connectivity index (χ1v) is 14.0. The minimum absolute atomic E-state index is 0.0567. The first-order valence-electron chi connectivity index (χ1n) is 13.6. The predicted octanol–water partition coefficient (Wildman–Crippen LogP) is 7.00. The molecule has 0 spiro atoms. The van der Waals surface area contributed by atoms with E-state index in [1.807, 2.05) is 59.5 Å². The molecule has 5 aromatic rings. The molecule has 0 radical (unpaired) electrons. The smallest absolute Gasteiger partial charge is 0.253 e. The lowest BCUT2D eigenvalue weighted by atomic mass is 9.86. The van der Waals surface area contributed by atoms with Crippen LogP contribution in [0, 0.1) is 0 Å². The van der Waals surface area contributed by atoms with Crippen molar-refractivity contribution in [2.75, 3.05) is 31.1 Å². The minimum Gasteiger partial charge on any atom is -0.352 e. The van der Waals surface area contributed by atoms with Crippen LogP contribution in [0.5, 0.6) is 0 Å². The summed E-state index contributed by atoms with van der Waals surface area (Å²) in [7, 11) is 0. The van der Waals surface area contributed by atoms with Gasteiger partial charge in [0.15, 0.2) is 5.65 Å². The Kier molecular flexibility index (Phi) is 6.80. The van der Waals surface area contributed by atoms with Crippen LogP contribution in [-0.2, 0) is 5.41 Å². The Bertz CT molecular complexity index is 1650. The van der Waals surface area contributed by atoms with E-state index in [1.54, 1.807) is 6.33 Å². The predicted molar refractivity (Wildman–Crippen MR) is 163 cm³/mol. The van der Waals surface area contributed by atoms with Gasteiger partial charge in [0.25, 0.3) is 5.91 Å². The van der Waals surface area contributed by atoms with Crippen molar-refractivity contribution in [3.8, 4) is 16.8 Å². The third-order valence-corrected chi connectivity index (χ3v) is 7.87. The van der Waals surface area contributed by atoms with Crippen LogP contribution in [0.4, 0.5) is 5.82 Å². The number of carbonyl (C=O) groups is 1. The minimum atomic E-state index is 0.0567. The number of amides is 1. The molecule has 0 N–H and O–H groups in total. The molecule has 3 aromatic carbocycles. The highest BCUT2D eigenvalue weighted by molar-refractivity contribution is 6.30. The number of halogens is 1. The van der Waals surface area contributed by atoms with Crippen molar-refractivity contribution in [1.29, 1.82) is 0 Å². The van der Waals surface area contributed by atoms with Gasteiger partial charge in [0.05, 0.1) is 5.39 Å². The van der Waals surface area contributed by atoms with Crippen LogP contribution in [0.1, 0.15) is 36.7 Å². The van der Waals surface area contributed by atoms with Crippen LogP contribution < -0.4 is 4.90 Å². The zero-order valence-electron chi connectivity index (χ0n) is 23.0. The lowest BCUT2D eigenvalue weighted by molar-refractivity contribution is 0.0746. The van der Waals surface area contributed by atoms with Crippen LogP contribution in [0.3, 0.4) is 0 Å². The Morgan fingerprint density at radius 1 is 0.825 bits per heavy atom. The Morgan fingerprint density at radius 2 is 1.50 bits per heavy atom. The topological polar surface area (TPSA) is 54.3 Å². The number of rotatable bonds is 4. The molecule has 1 amide bonds. The second kappa shape index (κ2) is 10.4. The number of nitrogens with zero attached hydrogens (tertiary/aromatic N) is 5. The van der Waals surface area contributed by atoms with Crippen molar-refractivity contribution in [1.82, 2.24) is 19.4 Å². The molecule has 0 unspecified atom stereocenters. The third kappa shape index (κ3) is 4.95. The van der Waals surface area contributed by atoms with Crippen molar-refractivity contribution in [3.05, 3.63) is 108 Å². The van der Waals surface area contributed by atoms with E-state index in [2.05, 4.69) is 60.7 Å². The monoisotopic (exact) mass is 549 g/mol. The van der Waals surface area contributed by atoms with Gasteiger partial charge in [0.1, 0.15) is 12.1 Å². The number of piperazine rings is 1. The standard InChI is InChI=1S/C33H32ClN5O/c1-33(2,3)25-11-9-24(10-12-25)32(40)38-19-17-37(18-20-38)30-29-28(23-7-5-4-6-8-23)21-39(31(29)36-22-35-30)27-15-13-26(34)14-16-27/h4-16,21-22H,17-20H2,1-3H3. The molecule has 1 saturated heterocycles. The van der Waals surface area contributed by atoms with E-state index >= 15 is 0 Å². The Hall–Kier alpha value is -4.16. The van der Waals surface area contributed by atoms with Crippen molar-refractivity contribution >= 4 is 34.4 Å². The third-order valence-electron chi connectivity index (χ3n) is 7.62. The van der Waals surface area contributed by atoms with Gasteiger partial charge in [-0.2, -0.15) is 0 Å². The van der Waals surface area contributed by atoms with E-state index in [-0.39, 0.29) is 11.3 Å². The summed E-state index contributed by atoms with van der Waals surface area (Å²) in [5.41, 5.74) is 6.00. The van der Waals surface area contributed by atoms with Crippen LogP contribution >= 0.6 is 11.6 Å². The van der Waals surface area contributed by atoms with Gasteiger partial charge in [-0.3, -0.25) is 4.79 Å². The highest BCUT2D eigenvalue weighted by Crippen LogP contribution is 2.37. The van der Waals surface area contributed by atoms with Gasteiger partial charge in [-0.05, 0) is 52.9 Å². The average Bonchev–Trinajstić information content (AvgIpc) is 3.37. The fourth-order valence-electron chi connectivity index (χ4n) is 5.34. The maximum Gasteiger partial charge on any atom is 0.253 e. The highest BCUT2D eigenvalue weighted by atomic mass is 35.5. The lowest BCUT2D eigenvalue weighted by Gasteiger charge is -2.35. The van der Waals surface area contributed by atoms with Gasteiger partial charge in [-0.1, -0.05) is 74.8 Å². The molecule has 1 aliphatic heterocycles. The molecule has 6 rings (SSSR count). The number of hydrogen-bond acceptors (Lipinski definition) is 4. The number of aromatic nitrogens is 3. The summed E-state index contributed by atoms with van der Waals surface area (Å²) in [4.78, 5) is 27.0. The molecule has 40 heavy (non-hydrogen) atoms. The molecule has 1 aliphatic rings. The maximum absolute atomic E-state index is 13.3. The summed E-state index contributed by atoms with van der Waals surface area (Å²) in [5.74, 6) is 0.963. The van der Waals surface area contributed by atoms with Crippen molar-refractivity contribution in [2.45, 2.75) is 26.2 Å². The summed E-state index contributed by atoms with van der Waals surface area (Å²) in [5, 5.41) is 1.69. The summed E-state index contributed by atoms with van der Waals surface area (Å²) >= 11 is 6.17. The van der Waals surface area contributed by atoms with E-state index in [0.717, 1.165) is 39.2 Å². The molecule has 0 aliphatic carbocycles. The average molecular weight is 550 g/mol. The number of fused-ring (bicyclic) bond motifs is 1. The summed E-state index contributed by atoms with van der Waals surface area (Å²) in [6.45, 7) is 9.18. The molecule has 2 aromatic heterocycles. The number of anilines is 1. The SMILES string of the molecule is CC(C)(C)c1ccc(C(=O)N2CCN(c3ncnc4c3c(-c3ccccc3)cn4-c3ccc(Cl)cc3)CC2)cc1. The fraction of sp³-hybridized carbons (Fsp3) is 0.242. The molecule has 3 heterocycles. The molecule has 0 bridgehead atoms. The highest BCUT2D eigenvalue weighted by Gasteiger charge is 2.27. The second-order valence-electron chi connectivity index (χ2n) is 11.3. The summed E-state index contributed by atoms with van der Waals surface area (Å²) < 4.78 is 2.10. The van der Waals surface area contributed by atoms with E-state index in [0.29, 0.717) is 31.2 Å². The fourth-order valence-corrected chi connectivity index (χ4v) is 5.46. The molecule has 202 valence electrons. The van der Waals surface area contributed by atoms with E-state index in [1.165, 1.54) is 5.56 Å². The van der Waals surface area contributed by atoms with Crippen molar-refractivity contribution in [3.63, 3.8) is 0 Å². The van der Waals surface area contributed by atoms with E-state index in [9.17, 15) is 4.79 Å². The number of benzene rings is 3. The van der Waals surface area contributed by atoms with Gasteiger partial charge in [0.2, 0.25) is 0 Å². The van der Waals surface area contributed by atoms with Crippen LogP contribution in [0.15, 0.2) is 91.4 Å². The van der Waals surface area contributed by atoms with E-state index in [4.69, 9.17) is 21.6 Å². The Morgan fingerprint density at radius 3 is 2.15 bits per heavy atom. The van der Waals surface area contributed by atoms with Gasteiger partial charge >= 0.3 is 0 Å². The molecule has 7 heteroatoms. The van der Waals surface area contributed by atoms with Crippen molar-refractivity contribution < 1.29 is 4.79 Å². The zero-order chi connectivity index (χ0) is 27.9. The van der Waals surface area contributed by atoms with Crippen LogP contribution in [0.2, 0.25) is 5.02 Å². The quantitative estimate of drug-likeness (QED) is 0.242. The van der Waals surface area contributed by atoms with Gasteiger partial charge < -0.3 is 14.4 Å². The van der Waals surface area contributed by atoms with E-state index < -0.39 is 0 Å². The zero-order valence-corrected chi connectivity index (χ0v) is 23.8. The Labute approximate surface area is 239 Å². The molecular formula is C33H32ClN5O. The van der Waals surface area contributed by atoms with Crippen molar-refractivity contribution in [2.24, 2.45) is 0 Å². The number of hydrogen-bond donors (Lipinski definition) is 0. The lowest BCUT2D eigenvalue weighted by Crippen LogP contribution is -2.49. The first kappa shape index (κ1) is 26.1. The van der Waals surface area contributed by atoms with Crippen LogP contribution in [0.25, 0.3) is 27.8 Å². The summed E-state index contributed by atoms with van der Waals surface area (Å²) in [6, 6.07) is 26.1. The summed E-state index contributed by atoms with van der Waals surface area (Å²) in [6.07, 6.45) is 3.76. The van der Waals surface area contributed by atoms with Gasteiger partial charge in [-0.15, -0.1) is 0 Å². The van der Waals surface area contributed by atoms with Gasteiger partial charge in [0, 0.05) is 54.2 Å². The molecule has 6 nitrogen and oxygen atoms in total. The maximum atomic E-state index is 13.3. The second-order valence-corrected chi connectivity index (χ2v) is 11.7. The Balaban J connectivity index is 1.31. The largest absolute Gasteiger partial charge is 0.352 e. The van der Waals surface area contributed by atoms with Gasteiger partial charge in [-0.25, -0.2) is 9.97 Å². The number of carbonyl (C=O) groups excluding carboxylic acids is 1. The molecular weight excluding hydrogens is 518 g/mol. The van der Waals surface area contributed by atoms with Crippen LogP contribution in [-0.4, -0.2) is 51.5 Å². The molecule has 1 fully saturated rings.